The van der Waals surface area contributed by atoms with Crippen LogP contribution in [0.4, 0.5) is 0 Å². The summed E-state index contributed by atoms with van der Waals surface area (Å²) in [5.41, 5.74) is 8.70. The molecule has 130 valence electrons. The van der Waals surface area contributed by atoms with Crippen molar-refractivity contribution in [1.82, 2.24) is 9.80 Å². The number of hydrogen-bond acceptors (Lipinski definition) is 3. The SMILES string of the molecule is CC/C(=C/C(=O)N1CCN([C@@H](C)C(N)=O)CC1)c1ccc(C)cc1. The number of carbonyl (C=O) groups is 2. The Bertz CT molecular complexity index is 614. The highest BCUT2D eigenvalue weighted by molar-refractivity contribution is 5.95. The van der Waals surface area contributed by atoms with Gasteiger partial charge in [0.1, 0.15) is 0 Å². The van der Waals surface area contributed by atoms with E-state index in [9.17, 15) is 9.59 Å². The van der Waals surface area contributed by atoms with Gasteiger partial charge >= 0.3 is 0 Å². The largest absolute Gasteiger partial charge is 0.368 e. The standard InChI is InChI=1S/C19H27N3O2/c1-4-16(17-7-5-14(2)6-8-17)13-18(23)22-11-9-21(10-12-22)15(3)19(20)24/h5-8,13,15H,4,9-12H2,1-3H3,(H2,20,24)/b16-13-/t15-/m0/s1. The van der Waals surface area contributed by atoms with Crippen molar-refractivity contribution in [2.75, 3.05) is 26.2 Å². The maximum atomic E-state index is 12.6. The van der Waals surface area contributed by atoms with Crippen LogP contribution >= 0.6 is 0 Å². The molecular weight excluding hydrogens is 302 g/mol. The number of piperazine rings is 1. The molecule has 1 heterocycles. The summed E-state index contributed by atoms with van der Waals surface area (Å²) in [7, 11) is 0. The summed E-state index contributed by atoms with van der Waals surface area (Å²) in [5, 5.41) is 0. The lowest BCUT2D eigenvalue weighted by atomic mass is 10.0. The monoisotopic (exact) mass is 329 g/mol. The third kappa shape index (κ3) is 4.45. The average molecular weight is 329 g/mol. The summed E-state index contributed by atoms with van der Waals surface area (Å²) in [6.45, 7) is 8.52. The highest BCUT2D eigenvalue weighted by atomic mass is 16.2. The number of amides is 2. The number of hydrogen-bond donors (Lipinski definition) is 1. The van der Waals surface area contributed by atoms with E-state index in [0.717, 1.165) is 17.6 Å². The minimum atomic E-state index is -0.317. The predicted molar refractivity (Wildman–Crippen MR) is 96.3 cm³/mol. The molecule has 1 atom stereocenters. The number of nitrogens with two attached hydrogens (primary N) is 1. The van der Waals surface area contributed by atoms with Gasteiger partial charge in [0.25, 0.3) is 0 Å². The summed E-state index contributed by atoms with van der Waals surface area (Å²) < 4.78 is 0. The van der Waals surface area contributed by atoms with E-state index < -0.39 is 0 Å². The maximum Gasteiger partial charge on any atom is 0.246 e. The first-order chi connectivity index (χ1) is 11.4. The van der Waals surface area contributed by atoms with Crippen molar-refractivity contribution in [3.05, 3.63) is 41.5 Å². The molecule has 0 radical (unpaired) electrons. The normalized spacial score (nSPS) is 17.6. The van der Waals surface area contributed by atoms with Gasteiger partial charge in [0.05, 0.1) is 6.04 Å². The van der Waals surface area contributed by atoms with Crippen LogP contribution < -0.4 is 5.73 Å². The van der Waals surface area contributed by atoms with Gasteiger partial charge in [-0.3, -0.25) is 14.5 Å². The Morgan fingerprint density at radius 3 is 2.25 bits per heavy atom. The summed E-state index contributed by atoms with van der Waals surface area (Å²) in [4.78, 5) is 27.7. The fourth-order valence-electron chi connectivity index (χ4n) is 2.91. The van der Waals surface area contributed by atoms with Gasteiger partial charge in [-0.15, -0.1) is 0 Å². The van der Waals surface area contributed by atoms with E-state index in [1.807, 2.05) is 16.7 Å². The number of benzene rings is 1. The van der Waals surface area contributed by atoms with Gasteiger partial charge in [0.15, 0.2) is 0 Å². The Kier molecular flexibility index (Phi) is 6.15. The molecule has 1 saturated heterocycles. The minimum Gasteiger partial charge on any atom is -0.368 e. The number of primary amides is 1. The first-order valence-corrected chi connectivity index (χ1v) is 8.52. The van der Waals surface area contributed by atoms with Gasteiger partial charge in [-0.25, -0.2) is 0 Å². The molecule has 1 aliphatic rings. The second kappa shape index (κ2) is 8.11. The lowest BCUT2D eigenvalue weighted by Crippen LogP contribution is -2.54. The van der Waals surface area contributed by atoms with E-state index in [2.05, 4.69) is 38.1 Å². The van der Waals surface area contributed by atoms with E-state index in [-0.39, 0.29) is 17.9 Å². The van der Waals surface area contributed by atoms with Crippen LogP contribution in [0, 0.1) is 6.92 Å². The molecule has 24 heavy (non-hydrogen) atoms. The van der Waals surface area contributed by atoms with Crippen molar-refractivity contribution in [2.45, 2.75) is 33.2 Å². The average Bonchev–Trinajstić information content (AvgIpc) is 2.59. The lowest BCUT2D eigenvalue weighted by molar-refractivity contribution is -0.129. The summed E-state index contributed by atoms with van der Waals surface area (Å²) in [6.07, 6.45) is 2.56. The first-order valence-electron chi connectivity index (χ1n) is 8.52. The zero-order valence-corrected chi connectivity index (χ0v) is 14.8. The van der Waals surface area contributed by atoms with Crippen LogP contribution in [0.15, 0.2) is 30.3 Å². The van der Waals surface area contributed by atoms with Crippen LogP contribution in [-0.2, 0) is 9.59 Å². The molecule has 0 unspecified atom stereocenters. The summed E-state index contributed by atoms with van der Waals surface area (Å²) >= 11 is 0. The quantitative estimate of drug-likeness (QED) is 0.838. The third-order valence-electron chi connectivity index (χ3n) is 4.69. The molecule has 2 rings (SSSR count). The summed E-state index contributed by atoms with van der Waals surface area (Å²) in [6, 6.07) is 7.96. The molecule has 0 spiro atoms. The van der Waals surface area contributed by atoms with Crippen LogP contribution in [-0.4, -0.2) is 53.8 Å². The molecule has 5 heteroatoms. The Balaban J connectivity index is 2.01. The molecule has 1 aromatic rings. The predicted octanol–water partition coefficient (Wildman–Crippen LogP) is 1.81. The van der Waals surface area contributed by atoms with E-state index in [1.54, 1.807) is 6.08 Å². The highest BCUT2D eigenvalue weighted by Gasteiger charge is 2.25. The fourth-order valence-corrected chi connectivity index (χ4v) is 2.91. The smallest absolute Gasteiger partial charge is 0.246 e. The van der Waals surface area contributed by atoms with Crippen molar-refractivity contribution in [2.24, 2.45) is 5.73 Å². The number of carbonyl (C=O) groups excluding carboxylic acids is 2. The van der Waals surface area contributed by atoms with E-state index in [1.165, 1.54) is 5.56 Å². The molecule has 2 N–H and O–H groups in total. The minimum absolute atomic E-state index is 0.0406. The molecule has 1 aliphatic heterocycles. The Morgan fingerprint density at radius 2 is 1.75 bits per heavy atom. The molecule has 0 aromatic heterocycles. The Labute approximate surface area is 144 Å². The van der Waals surface area contributed by atoms with Crippen molar-refractivity contribution in [3.63, 3.8) is 0 Å². The maximum absolute atomic E-state index is 12.6. The zero-order chi connectivity index (χ0) is 17.7. The number of rotatable bonds is 5. The van der Waals surface area contributed by atoms with Crippen LogP contribution in [0.3, 0.4) is 0 Å². The van der Waals surface area contributed by atoms with E-state index in [0.29, 0.717) is 26.2 Å². The van der Waals surface area contributed by atoms with E-state index >= 15 is 0 Å². The summed E-state index contributed by atoms with van der Waals surface area (Å²) in [5.74, 6) is -0.277. The van der Waals surface area contributed by atoms with Crippen LogP contribution in [0.25, 0.3) is 5.57 Å². The molecule has 2 amide bonds. The third-order valence-corrected chi connectivity index (χ3v) is 4.69. The van der Waals surface area contributed by atoms with Crippen LogP contribution in [0.2, 0.25) is 0 Å². The second-order valence-electron chi connectivity index (χ2n) is 6.33. The zero-order valence-electron chi connectivity index (χ0n) is 14.8. The molecule has 0 bridgehead atoms. The van der Waals surface area contributed by atoms with Crippen molar-refractivity contribution in [3.8, 4) is 0 Å². The van der Waals surface area contributed by atoms with Crippen molar-refractivity contribution in [1.29, 1.82) is 0 Å². The van der Waals surface area contributed by atoms with Gasteiger partial charge in [0.2, 0.25) is 11.8 Å². The van der Waals surface area contributed by atoms with Gasteiger partial charge in [-0.2, -0.15) is 0 Å². The Morgan fingerprint density at radius 1 is 1.17 bits per heavy atom. The fraction of sp³-hybridized carbons (Fsp3) is 0.474. The van der Waals surface area contributed by atoms with Crippen molar-refractivity contribution < 1.29 is 9.59 Å². The number of aryl methyl sites for hydroxylation is 1. The van der Waals surface area contributed by atoms with Gasteiger partial charge < -0.3 is 10.6 Å². The lowest BCUT2D eigenvalue weighted by Gasteiger charge is -2.36. The van der Waals surface area contributed by atoms with E-state index in [4.69, 9.17) is 5.73 Å². The molecule has 0 saturated carbocycles. The topological polar surface area (TPSA) is 66.6 Å². The molecule has 5 nitrogen and oxygen atoms in total. The highest BCUT2D eigenvalue weighted by Crippen LogP contribution is 2.19. The molecule has 1 aromatic carbocycles. The van der Waals surface area contributed by atoms with Gasteiger partial charge in [-0.1, -0.05) is 36.8 Å². The van der Waals surface area contributed by atoms with Crippen LogP contribution in [0.5, 0.6) is 0 Å². The van der Waals surface area contributed by atoms with Crippen molar-refractivity contribution >= 4 is 17.4 Å². The van der Waals surface area contributed by atoms with Gasteiger partial charge in [-0.05, 0) is 31.4 Å². The molecule has 0 aliphatic carbocycles. The second-order valence-corrected chi connectivity index (χ2v) is 6.33. The number of nitrogens with zero attached hydrogens (tertiary/aromatic N) is 2. The van der Waals surface area contributed by atoms with Crippen LogP contribution in [0.1, 0.15) is 31.4 Å². The van der Waals surface area contributed by atoms with Gasteiger partial charge in [0, 0.05) is 32.3 Å². The Hall–Kier alpha value is -2.14. The first kappa shape index (κ1) is 18.2. The molecular formula is C19H27N3O2. The molecule has 1 fully saturated rings. The number of allylic oxidation sites excluding steroid dienone is 1.